The van der Waals surface area contributed by atoms with Crippen molar-refractivity contribution < 1.29 is 9.15 Å². The Kier molecular flexibility index (Phi) is 3.04. The third-order valence-electron chi connectivity index (χ3n) is 6.67. The lowest BCUT2D eigenvalue weighted by molar-refractivity contribution is 0.276. The molecule has 0 saturated heterocycles. The lowest BCUT2D eigenvalue weighted by Gasteiger charge is -2.20. The summed E-state index contributed by atoms with van der Waals surface area (Å²) < 4.78 is 15.2. The largest absolute Gasteiger partial charge is 0.485 e. The average Bonchev–Trinajstić information content (AvgIpc) is 3.40. The van der Waals surface area contributed by atoms with Gasteiger partial charge in [-0.2, -0.15) is 0 Å². The molecule has 3 heterocycles. The summed E-state index contributed by atoms with van der Waals surface area (Å²) in [6.45, 7) is 4.51. The third-order valence-corrected chi connectivity index (χ3v) is 6.67. The van der Waals surface area contributed by atoms with E-state index in [1.165, 1.54) is 44.1 Å². The molecule has 2 aliphatic rings. The van der Waals surface area contributed by atoms with Gasteiger partial charge >= 0.3 is 0 Å². The zero-order chi connectivity index (χ0) is 20.0. The van der Waals surface area contributed by atoms with E-state index in [9.17, 15) is 0 Å². The number of para-hydroxylation sites is 2. The maximum Gasteiger partial charge on any atom is 0.145 e. The second kappa shape index (κ2) is 5.57. The summed E-state index contributed by atoms with van der Waals surface area (Å²) in [7, 11) is 0. The number of ether oxygens (including phenoxy) is 1. The lowest BCUT2D eigenvalue weighted by Crippen LogP contribution is -2.20. The molecule has 0 amide bonds. The first kappa shape index (κ1) is 16.3. The van der Waals surface area contributed by atoms with E-state index in [1.807, 2.05) is 12.1 Å². The number of nitrogens with zero attached hydrogens (tertiary/aromatic N) is 1. The molecular formula is C27H21NO2. The monoisotopic (exact) mass is 391 g/mol. The number of fused-ring (bicyclic) bond motifs is 10. The van der Waals surface area contributed by atoms with Gasteiger partial charge in [-0.05, 0) is 49.8 Å². The molecule has 0 spiro atoms. The maximum absolute atomic E-state index is 6.42. The van der Waals surface area contributed by atoms with Crippen LogP contribution in [0.3, 0.4) is 0 Å². The summed E-state index contributed by atoms with van der Waals surface area (Å²) in [6.07, 6.45) is 3.28. The summed E-state index contributed by atoms with van der Waals surface area (Å²) in [5, 5.41) is 3.60. The number of hydrogen-bond acceptors (Lipinski definition) is 2. The van der Waals surface area contributed by atoms with Crippen LogP contribution in [0, 0.1) is 0 Å². The van der Waals surface area contributed by atoms with Crippen molar-refractivity contribution in [1.29, 1.82) is 0 Å². The second-order valence-corrected chi connectivity index (χ2v) is 8.67. The molecule has 1 aliphatic carbocycles. The predicted molar refractivity (Wildman–Crippen MR) is 122 cm³/mol. The summed E-state index contributed by atoms with van der Waals surface area (Å²) >= 11 is 0. The Morgan fingerprint density at radius 1 is 0.933 bits per heavy atom. The summed E-state index contributed by atoms with van der Waals surface area (Å²) in [4.78, 5) is 0. The molecular weight excluding hydrogens is 370 g/mol. The zero-order valence-electron chi connectivity index (χ0n) is 17.0. The molecule has 3 heteroatoms. The number of hydrogen-bond donors (Lipinski definition) is 0. The molecule has 3 nitrogen and oxygen atoms in total. The van der Waals surface area contributed by atoms with Crippen molar-refractivity contribution in [2.24, 2.45) is 0 Å². The Morgan fingerprint density at radius 2 is 1.77 bits per heavy atom. The van der Waals surface area contributed by atoms with E-state index in [0.29, 0.717) is 6.04 Å². The van der Waals surface area contributed by atoms with E-state index in [0.717, 1.165) is 23.3 Å². The van der Waals surface area contributed by atoms with Crippen molar-refractivity contribution in [2.45, 2.75) is 32.4 Å². The van der Waals surface area contributed by atoms with E-state index in [1.54, 1.807) is 0 Å². The van der Waals surface area contributed by atoms with E-state index in [4.69, 9.17) is 9.15 Å². The van der Waals surface area contributed by atoms with Gasteiger partial charge in [0.2, 0.25) is 0 Å². The Hall–Kier alpha value is -3.46. The van der Waals surface area contributed by atoms with Crippen LogP contribution in [0.4, 0.5) is 0 Å². The fourth-order valence-corrected chi connectivity index (χ4v) is 5.45. The molecule has 1 unspecified atom stereocenters. The van der Waals surface area contributed by atoms with Crippen molar-refractivity contribution in [3.05, 3.63) is 77.5 Å². The third kappa shape index (κ3) is 1.95. The lowest BCUT2D eigenvalue weighted by atomic mass is 9.90. The van der Waals surface area contributed by atoms with E-state index in [2.05, 4.69) is 73.0 Å². The molecule has 0 radical (unpaired) electrons. The van der Waals surface area contributed by atoms with Crippen LogP contribution >= 0.6 is 0 Å². The van der Waals surface area contributed by atoms with Gasteiger partial charge in [-0.3, -0.25) is 0 Å². The van der Waals surface area contributed by atoms with Gasteiger partial charge in [0.15, 0.2) is 0 Å². The Morgan fingerprint density at radius 3 is 2.67 bits per heavy atom. The molecule has 3 aromatic carbocycles. The molecule has 7 rings (SSSR count). The maximum atomic E-state index is 6.42. The Balaban J connectivity index is 1.60. The number of furan rings is 1. The van der Waals surface area contributed by atoms with Gasteiger partial charge in [-0.25, -0.2) is 0 Å². The van der Waals surface area contributed by atoms with Crippen LogP contribution in [0.5, 0.6) is 5.75 Å². The van der Waals surface area contributed by atoms with Crippen LogP contribution in [0.15, 0.2) is 65.1 Å². The van der Waals surface area contributed by atoms with E-state index < -0.39 is 0 Å². The van der Waals surface area contributed by atoms with Gasteiger partial charge < -0.3 is 13.7 Å². The van der Waals surface area contributed by atoms with Crippen molar-refractivity contribution in [3.63, 3.8) is 0 Å². The van der Waals surface area contributed by atoms with Gasteiger partial charge in [-0.1, -0.05) is 36.4 Å². The molecule has 30 heavy (non-hydrogen) atoms. The minimum absolute atomic E-state index is 0.0701. The van der Waals surface area contributed by atoms with Gasteiger partial charge in [0, 0.05) is 45.5 Å². The van der Waals surface area contributed by atoms with Crippen LogP contribution in [0.25, 0.3) is 44.5 Å². The molecule has 0 N–H and O–H groups in total. The predicted octanol–water partition coefficient (Wildman–Crippen LogP) is 6.98. The first-order chi connectivity index (χ1) is 14.7. The highest BCUT2D eigenvalue weighted by atomic mass is 16.5. The van der Waals surface area contributed by atoms with Crippen LogP contribution in [0.2, 0.25) is 0 Å². The van der Waals surface area contributed by atoms with Gasteiger partial charge in [0.05, 0.1) is 5.52 Å². The second-order valence-electron chi connectivity index (χ2n) is 8.67. The topological polar surface area (TPSA) is 27.3 Å². The fourth-order valence-electron chi connectivity index (χ4n) is 5.45. The van der Waals surface area contributed by atoms with Crippen LogP contribution in [-0.2, 0) is 6.42 Å². The Bertz CT molecular complexity index is 1530. The SMILES string of the molecule is CC(C)n1c2c(c3c4oc5ccccc5c4ccc31)CC1Oc3ccccc3C1=C2. The van der Waals surface area contributed by atoms with Crippen LogP contribution < -0.4 is 4.74 Å². The van der Waals surface area contributed by atoms with E-state index >= 15 is 0 Å². The summed E-state index contributed by atoms with van der Waals surface area (Å²) in [6, 6.07) is 21.5. The quantitative estimate of drug-likeness (QED) is 0.308. The highest BCUT2D eigenvalue weighted by Gasteiger charge is 2.35. The summed E-state index contributed by atoms with van der Waals surface area (Å²) in [5.41, 5.74) is 8.33. The van der Waals surface area contributed by atoms with E-state index in [-0.39, 0.29) is 6.10 Å². The number of aromatic nitrogens is 1. The molecule has 1 aliphatic heterocycles. The number of rotatable bonds is 1. The van der Waals surface area contributed by atoms with Crippen molar-refractivity contribution in [1.82, 2.24) is 4.57 Å². The fraction of sp³-hybridized carbons (Fsp3) is 0.185. The minimum atomic E-state index is 0.0701. The smallest absolute Gasteiger partial charge is 0.145 e. The van der Waals surface area contributed by atoms with Crippen molar-refractivity contribution >= 4 is 44.5 Å². The molecule has 1 atom stereocenters. The van der Waals surface area contributed by atoms with Gasteiger partial charge in [0.25, 0.3) is 0 Å². The molecule has 0 bridgehead atoms. The summed E-state index contributed by atoms with van der Waals surface area (Å²) in [5.74, 6) is 0.994. The van der Waals surface area contributed by atoms with Crippen LogP contribution in [-0.4, -0.2) is 10.7 Å². The normalized spacial score (nSPS) is 17.3. The number of benzene rings is 3. The van der Waals surface area contributed by atoms with Crippen molar-refractivity contribution in [2.75, 3.05) is 0 Å². The first-order valence-corrected chi connectivity index (χ1v) is 10.7. The molecule has 2 aromatic heterocycles. The highest BCUT2D eigenvalue weighted by molar-refractivity contribution is 6.16. The van der Waals surface area contributed by atoms with Crippen LogP contribution in [0.1, 0.15) is 36.7 Å². The Labute approximate surface area is 174 Å². The molecule has 5 aromatic rings. The van der Waals surface area contributed by atoms with Gasteiger partial charge in [-0.15, -0.1) is 0 Å². The molecule has 0 saturated carbocycles. The average molecular weight is 391 g/mol. The first-order valence-electron chi connectivity index (χ1n) is 10.7. The molecule has 0 fully saturated rings. The standard InChI is InChI=1S/C27H21NO2/c1-15(2)28-21-12-11-18-16-7-3-6-10-24(16)30-27(18)26(21)20-14-25-19(13-22(20)28)17-8-4-5-9-23(17)29-25/h3-13,15,25H,14H2,1-2H3. The highest BCUT2D eigenvalue weighted by Crippen LogP contribution is 2.47. The van der Waals surface area contributed by atoms with Gasteiger partial charge in [0.1, 0.15) is 23.0 Å². The minimum Gasteiger partial charge on any atom is -0.485 e. The zero-order valence-corrected chi connectivity index (χ0v) is 17.0. The molecule has 146 valence electrons. The van der Waals surface area contributed by atoms with Crippen molar-refractivity contribution in [3.8, 4) is 5.75 Å².